The Morgan fingerprint density at radius 3 is 2.37 bits per heavy atom. The zero-order chi connectivity index (χ0) is 18.9. The fourth-order valence-corrected chi connectivity index (χ4v) is 3.86. The van der Waals surface area contributed by atoms with Crippen LogP contribution in [0.25, 0.3) is 0 Å². The third kappa shape index (κ3) is 3.87. The van der Waals surface area contributed by atoms with Gasteiger partial charge in [0.1, 0.15) is 17.4 Å². The summed E-state index contributed by atoms with van der Waals surface area (Å²) in [6, 6.07) is 7.13. The van der Waals surface area contributed by atoms with Crippen LogP contribution in [0.2, 0.25) is 0 Å². The number of rotatable bonds is 5. The third-order valence-corrected chi connectivity index (χ3v) is 5.38. The van der Waals surface area contributed by atoms with Crippen molar-refractivity contribution in [3.05, 3.63) is 72.2 Å². The number of carbonyl (C=O) groups is 1. The average Bonchev–Trinajstić information content (AvgIpc) is 3.33. The average molecular weight is 387 g/mol. The molecule has 9 heteroatoms. The molecule has 0 spiro atoms. The van der Waals surface area contributed by atoms with Crippen LogP contribution in [-0.4, -0.2) is 42.3 Å². The van der Waals surface area contributed by atoms with Gasteiger partial charge in [-0.05, 0) is 36.4 Å². The van der Waals surface area contributed by atoms with Gasteiger partial charge in [0.05, 0.1) is 36.9 Å². The van der Waals surface area contributed by atoms with Gasteiger partial charge in [-0.15, -0.1) is 4.40 Å². The van der Waals surface area contributed by atoms with Crippen LogP contribution >= 0.6 is 0 Å². The summed E-state index contributed by atoms with van der Waals surface area (Å²) >= 11 is 0. The molecule has 8 nitrogen and oxygen atoms in total. The number of hydrogen-bond donors (Lipinski definition) is 0. The summed E-state index contributed by atoms with van der Waals surface area (Å²) in [4.78, 5) is 16.4. The lowest BCUT2D eigenvalue weighted by atomic mass is 10.1. The van der Waals surface area contributed by atoms with E-state index < -0.39 is 10.0 Å². The first-order chi connectivity index (χ1) is 13.0. The first-order valence-electron chi connectivity index (χ1n) is 8.33. The van der Waals surface area contributed by atoms with Gasteiger partial charge in [-0.3, -0.25) is 4.79 Å². The Morgan fingerprint density at radius 2 is 1.78 bits per heavy atom. The van der Waals surface area contributed by atoms with Crippen LogP contribution in [-0.2, 0) is 27.9 Å². The molecule has 0 aromatic carbocycles. The second kappa shape index (κ2) is 6.92. The maximum absolute atomic E-state index is 13.1. The highest BCUT2D eigenvalue weighted by Crippen LogP contribution is 2.20. The third-order valence-electron chi connectivity index (χ3n) is 4.21. The summed E-state index contributed by atoms with van der Waals surface area (Å²) in [5.41, 5.74) is 0.436. The first kappa shape index (κ1) is 17.3. The van der Waals surface area contributed by atoms with Gasteiger partial charge in [0.2, 0.25) is 0 Å². The van der Waals surface area contributed by atoms with Crippen molar-refractivity contribution < 1.29 is 22.0 Å². The van der Waals surface area contributed by atoms with Crippen LogP contribution in [0.15, 0.2) is 73.9 Å². The van der Waals surface area contributed by atoms with E-state index in [2.05, 4.69) is 4.40 Å². The van der Waals surface area contributed by atoms with E-state index in [9.17, 15) is 13.2 Å². The molecule has 0 bridgehead atoms. The molecule has 2 aliphatic rings. The van der Waals surface area contributed by atoms with E-state index in [1.54, 1.807) is 64.9 Å². The lowest BCUT2D eigenvalue weighted by Gasteiger charge is -2.28. The summed E-state index contributed by atoms with van der Waals surface area (Å²) in [6.07, 6.45) is 7.87. The van der Waals surface area contributed by atoms with E-state index in [-0.39, 0.29) is 31.3 Å². The van der Waals surface area contributed by atoms with Crippen molar-refractivity contribution in [2.45, 2.75) is 13.1 Å². The maximum atomic E-state index is 13.1. The molecular weight excluding hydrogens is 370 g/mol. The SMILES string of the molecule is O=C(C1=CN2CCS(=O)(=O)N=C2C=C1)N(Cc1ccco1)Cc1ccco1. The Balaban J connectivity index is 1.58. The van der Waals surface area contributed by atoms with Crippen molar-refractivity contribution in [2.75, 3.05) is 12.3 Å². The van der Waals surface area contributed by atoms with E-state index in [1.807, 2.05) is 0 Å². The molecule has 1 amide bonds. The van der Waals surface area contributed by atoms with Gasteiger partial charge in [0.25, 0.3) is 15.9 Å². The highest BCUT2D eigenvalue weighted by atomic mass is 32.2. The molecule has 2 aromatic rings. The molecule has 4 rings (SSSR count). The number of sulfonamides is 1. The second-order valence-corrected chi connectivity index (χ2v) is 7.92. The van der Waals surface area contributed by atoms with Gasteiger partial charge in [-0.1, -0.05) is 0 Å². The Hall–Kier alpha value is -3.07. The predicted molar refractivity (Wildman–Crippen MR) is 96.8 cm³/mol. The number of amides is 1. The number of hydrogen-bond acceptors (Lipinski definition) is 6. The molecule has 0 unspecified atom stereocenters. The molecule has 0 saturated heterocycles. The minimum Gasteiger partial charge on any atom is -0.467 e. The molecule has 0 N–H and O–H groups in total. The van der Waals surface area contributed by atoms with Crippen molar-refractivity contribution in [2.24, 2.45) is 4.40 Å². The van der Waals surface area contributed by atoms with Crippen molar-refractivity contribution in [1.29, 1.82) is 0 Å². The summed E-state index contributed by atoms with van der Waals surface area (Å²) in [7, 11) is -3.43. The summed E-state index contributed by atoms with van der Waals surface area (Å²) in [5.74, 6) is 1.33. The van der Waals surface area contributed by atoms with Crippen LogP contribution < -0.4 is 0 Å². The van der Waals surface area contributed by atoms with Gasteiger partial charge in [0, 0.05) is 12.7 Å². The molecule has 4 heterocycles. The number of furan rings is 2. The Morgan fingerprint density at radius 1 is 1.11 bits per heavy atom. The molecular formula is C18H17N3O5S. The van der Waals surface area contributed by atoms with Crippen LogP contribution in [0.5, 0.6) is 0 Å². The Bertz CT molecular complexity index is 981. The van der Waals surface area contributed by atoms with Crippen LogP contribution in [0.1, 0.15) is 11.5 Å². The van der Waals surface area contributed by atoms with Crippen LogP contribution in [0.4, 0.5) is 0 Å². The molecule has 140 valence electrons. The molecule has 0 atom stereocenters. The van der Waals surface area contributed by atoms with E-state index in [0.717, 1.165) is 0 Å². The van der Waals surface area contributed by atoms with Crippen molar-refractivity contribution in [3.8, 4) is 0 Å². The van der Waals surface area contributed by atoms with Crippen molar-refractivity contribution >= 4 is 21.8 Å². The standard InChI is InChI=1S/C18H17N3O5S/c22-18(14-5-6-17-19-27(23,24)10-7-20(17)11-14)21(12-15-3-1-8-25-15)13-16-4-2-9-26-16/h1-6,8-9,11H,7,10,12-13H2. The Labute approximate surface area is 156 Å². The lowest BCUT2D eigenvalue weighted by molar-refractivity contribution is -0.128. The van der Waals surface area contributed by atoms with Gasteiger partial charge < -0.3 is 18.6 Å². The maximum Gasteiger partial charge on any atom is 0.256 e. The van der Waals surface area contributed by atoms with Crippen LogP contribution in [0, 0.1) is 0 Å². The lowest BCUT2D eigenvalue weighted by Crippen LogP contribution is -2.38. The molecule has 2 aliphatic heterocycles. The highest BCUT2D eigenvalue weighted by Gasteiger charge is 2.27. The minimum atomic E-state index is -3.43. The van der Waals surface area contributed by atoms with E-state index in [0.29, 0.717) is 22.9 Å². The molecule has 2 aromatic heterocycles. The van der Waals surface area contributed by atoms with E-state index in [4.69, 9.17) is 8.83 Å². The normalized spacial score (nSPS) is 17.9. The van der Waals surface area contributed by atoms with Gasteiger partial charge in [-0.25, -0.2) is 8.42 Å². The summed E-state index contributed by atoms with van der Waals surface area (Å²) < 4.78 is 37.7. The van der Waals surface area contributed by atoms with Gasteiger partial charge >= 0.3 is 0 Å². The number of nitrogens with zero attached hydrogens (tertiary/aromatic N) is 3. The molecule has 0 fully saturated rings. The quantitative estimate of drug-likeness (QED) is 0.777. The number of carbonyl (C=O) groups excluding carboxylic acids is 1. The van der Waals surface area contributed by atoms with Crippen LogP contribution in [0.3, 0.4) is 0 Å². The fraction of sp³-hybridized carbons (Fsp3) is 0.222. The monoisotopic (exact) mass is 387 g/mol. The zero-order valence-corrected chi connectivity index (χ0v) is 15.1. The molecule has 0 radical (unpaired) electrons. The Kier molecular flexibility index (Phi) is 4.44. The van der Waals surface area contributed by atoms with Crippen molar-refractivity contribution in [3.63, 3.8) is 0 Å². The van der Waals surface area contributed by atoms with Gasteiger partial charge in [0.15, 0.2) is 0 Å². The fourth-order valence-electron chi connectivity index (χ4n) is 2.89. The summed E-state index contributed by atoms with van der Waals surface area (Å²) in [5, 5.41) is 0. The number of amidine groups is 1. The highest BCUT2D eigenvalue weighted by molar-refractivity contribution is 7.90. The number of fused-ring (bicyclic) bond motifs is 1. The second-order valence-electron chi connectivity index (χ2n) is 6.17. The molecule has 0 saturated carbocycles. The summed E-state index contributed by atoms with van der Waals surface area (Å²) in [6.45, 7) is 0.832. The minimum absolute atomic E-state index is 0.0786. The smallest absolute Gasteiger partial charge is 0.256 e. The predicted octanol–water partition coefficient (Wildman–Crippen LogP) is 1.90. The van der Waals surface area contributed by atoms with E-state index in [1.165, 1.54) is 0 Å². The topological polar surface area (TPSA) is 96.3 Å². The first-order valence-corrected chi connectivity index (χ1v) is 9.94. The van der Waals surface area contributed by atoms with Gasteiger partial charge in [-0.2, -0.15) is 0 Å². The zero-order valence-electron chi connectivity index (χ0n) is 14.3. The van der Waals surface area contributed by atoms with E-state index >= 15 is 0 Å². The van der Waals surface area contributed by atoms with Crippen molar-refractivity contribution in [1.82, 2.24) is 9.80 Å². The molecule has 0 aliphatic carbocycles. The molecule has 27 heavy (non-hydrogen) atoms. The largest absolute Gasteiger partial charge is 0.467 e.